The van der Waals surface area contributed by atoms with Crippen LogP contribution in [0.15, 0.2) is 42.5 Å². The van der Waals surface area contributed by atoms with Crippen molar-refractivity contribution in [2.75, 3.05) is 13.6 Å². The molecule has 1 aliphatic heterocycles. The highest BCUT2D eigenvalue weighted by molar-refractivity contribution is 5.77. The summed E-state index contributed by atoms with van der Waals surface area (Å²) in [5.41, 5.74) is 3.02. The van der Waals surface area contributed by atoms with Crippen molar-refractivity contribution in [3.63, 3.8) is 0 Å². The topological polar surface area (TPSA) is 64.4 Å². The number of nitrogens with zero attached hydrogens (tertiary/aromatic N) is 1. The monoisotopic (exact) mass is 298 g/mol. The van der Waals surface area contributed by atoms with Crippen molar-refractivity contribution < 1.29 is 9.66 Å². The van der Waals surface area contributed by atoms with E-state index in [0.717, 1.165) is 41.8 Å². The van der Waals surface area contributed by atoms with E-state index in [1.165, 1.54) is 6.07 Å². The molecule has 0 amide bonds. The van der Waals surface area contributed by atoms with Crippen molar-refractivity contribution in [1.29, 1.82) is 0 Å². The average molecular weight is 298 g/mol. The minimum absolute atomic E-state index is 0.00138. The van der Waals surface area contributed by atoms with Gasteiger partial charge in [0.15, 0.2) is 0 Å². The summed E-state index contributed by atoms with van der Waals surface area (Å²) in [6.45, 7) is 0.940. The van der Waals surface area contributed by atoms with E-state index in [1.807, 2.05) is 31.3 Å². The first-order valence-corrected chi connectivity index (χ1v) is 7.39. The summed E-state index contributed by atoms with van der Waals surface area (Å²) in [7, 11) is 1.93. The van der Waals surface area contributed by atoms with Gasteiger partial charge in [0.1, 0.15) is 11.9 Å². The van der Waals surface area contributed by atoms with Crippen molar-refractivity contribution in [2.24, 2.45) is 0 Å². The van der Waals surface area contributed by atoms with Crippen LogP contribution in [0.1, 0.15) is 24.5 Å². The third kappa shape index (κ3) is 2.67. The Kier molecular flexibility index (Phi) is 4.06. The first kappa shape index (κ1) is 14.5. The van der Waals surface area contributed by atoms with Gasteiger partial charge in [0.25, 0.3) is 5.69 Å². The van der Waals surface area contributed by atoms with Gasteiger partial charge in [0.05, 0.1) is 4.92 Å². The van der Waals surface area contributed by atoms with E-state index >= 15 is 0 Å². The molecule has 114 valence electrons. The standard InChI is InChI=1S/C17H18N2O3/c1-18-10-4-7-16-14-6-3-2-5-13(14)15-11-12(19(20)21)8-9-17(15)22-16/h2-3,5-6,8-9,11,16,18H,4,7,10H2,1H3. The first-order chi connectivity index (χ1) is 10.7. The predicted molar refractivity (Wildman–Crippen MR) is 85.1 cm³/mol. The summed E-state index contributed by atoms with van der Waals surface area (Å²) in [6, 6.07) is 12.8. The lowest BCUT2D eigenvalue weighted by molar-refractivity contribution is -0.384. The van der Waals surface area contributed by atoms with E-state index in [4.69, 9.17) is 4.74 Å². The van der Waals surface area contributed by atoms with Crippen LogP contribution in [0.25, 0.3) is 11.1 Å². The molecule has 2 aromatic rings. The Labute approximate surface area is 129 Å². The summed E-state index contributed by atoms with van der Waals surface area (Å²) in [4.78, 5) is 10.6. The van der Waals surface area contributed by atoms with Crippen LogP contribution in [0.4, 0.5) is 5.69 Å². The van der Waals surface area contributed by atoms with Gasteiger partial charge < -0.3 is 10.1 Å². The Morgan fingerprint density at radius 2 is 2.05 bits per heavy atom. The Morgan fingerprint density at radius 3 is 2.82 bits per heavy atom. The van der Waals surface area contributed by atoms with Gasteiger partial charge in [-0.15, -0.1) is 0 Å². The maximum absolute atomic E-state index is 11.0. The van der Waals surface area contributed by atoms with Crippen molar-refractivity contribution in [1.82, 2.24) is 5.32 Å². The van der Waals surface area contributed by atoms with Crippen LogP contribution in [0.5, 0.6) is 5.75 Å². The molecule has 1 unspecified atom stereocenters. The second-order valence-corrected chi connectivity index (χ2v) is 5.38. The lowest BCUT2D eigenvalue weighted by Crippen LogP contribution is -2.16. The van der Waals surface area contributed by atoms with E-state index in [-0.39, 0.29) is 16.7 Å². The minimum Gasteiger partial charge on any atom is -0.485 e. The fourth-order valence-corrected chi connectivity index (χ4v) is 2.86. The summed E-state index contributed by atoms with van der Waals surface area (Å²) < 4.78 is 6.09. The second-order valence-electron chi connectivity index (χ2n) is 5.38. The average Bonchev–Trinajstić information content (AvgIpc) is 2.54. The minimum atomic E-state index is -0.373. The predicted octanol–water partition coefficient (Wildman–Crippen LogP) is 3.69. The van der Waals surface area contributed by atoms with E-state index in [2.05, 4.69) is 5.32 Å². The molecule has 0 aliphatic carbocycles. The molecule has 3 rings (SSSR count). The van der Waals surface area contributed by atoms with Gasteiger partial charge in [0.2, 0.25) is 0 Å². The van der Waals surface area contributed by atoms with Gasteiger partial charge in [-0.05, 0) is 38.1 Å². The van der Waals surface area contributed by atoms with Crippen LogP contribution < -0.4 is 10.1 Å². The Morgan fingerprint density at radius 1 is 1.23 bits per heavy atom. The van der Waals surface area contributed by atoms with Gasteiger partial charge in [-0.2, -0.15) is 0 Å². The molecule has 0 saturated heterocycles. The highest BCUT2D eigenvalue weighted by atomic mass is 16.6. The smallest absolute Gasteiger partial charge is 0.270 e. The number of nitro benzene ring substituents is 1. The van der Waals surface area contributed by atoms with Gasteiger partial charge in [-0.25, -0.2) is 0 Å². The van der Waals surface area contributed by atoms with E-state index in [1.54, 1.807) is 12.1 Å². The molecule has 0 saturated carbocycles. The van der Waals surface area contributed by atoms with Crippen LogP contribution in [-0.4, -0.2) is 18.5 Å². The summed E-state index contributed by atoms with van der Waals surface area (Å²) >= 11 is 0. The lowest BCUT2D eigenvalue weighted by Gasteiger charge is -2.28. The third-order valence-electron chi connectivity index (χ3n) is 3.93. The van der Waals surface area contributed by atoms with Gasteiger partial charge >= 0.3 is 0 Å². The van der Waals surface area contributed by atoms with Crippen molar-refractivity contribution in [3.8, 4) is 16.9 Å². The van der Waals surface area contributed by atoms with Crippen molar-refractivity contribution in [3.05, 3.63) is 58.1 Å². The third-order valence-corrected chi connectivity index (χ3v) is 3.93. The van der Waals surface area contributed by atoms with E-state index in [0.29, 0.717) is 0 Å². The molecule has 5 nitrogen and oxygen atoms in total. The zero-order valence-corrected chi connectivity index (χ0v) is 12.4. The first-order valence-electron chi connectivity index (χ1n) is 7.39. The molecule has 1 atom stereocenters. The number of hydrogen-bond donors (Lipinski definition) is 1. The van der Waals surface area contributed by atoms with Crippen molar-refractivity contribution in [2.45, 2.75) is 18.9 Å². The molecule has 0 radical (unpaired) electrons. The molecule has 1 aliphatic rings. The number of ether oxygens (including phenoxy) is 1. The molecule has 0 spiro atoms. The summed E-state index contributed by atoms with van der Waals surface area (Å²) in [6.07, 6.45) is 1.92. The van der Waals surface area contributed by atoms with Crippen LogP contribution in [0, 0.1) is 10.1 Å². The number of benzene rings is 2. The lowest BCUT2D eigenvalue weighted by atomic mass is 9.91. The van der Waals surface area contributed by atoms with Gasteiger partial charge in [0, 0.05) is 23.3 Å². The molecular weight excluding hydrogens is 280 g/mol. The zero-order valence-electron chi connectivity index (χ0n) is 12.4. The second kappa shape index (κ2) is 6.15. The number of hydrogen-bond acceptors (Lipinski definition) is 4. The molecule has 0 aromatic heterocycles. The number of fused-ring (bicyclic) bond motifs is 3. The molecule has 0 bridgehead atoms. The molecular formula is C17H18N2O3. The maximum Gasteiger partial charge on any atom is 0.270 e. The maximum atomic E-state index is 11.0. The SMILES string of the molecule is CNCCCC1Oc2ccc([N+](=O)[O-])cc2-c2ccccc21. The molecule has 1 N–H and O–H groups in total. The Bertz CT molecular complexity index is 700. The quantitative estimate of drug-likeness (QED) is 0.519. The number of nitro groups is 1. The number of non-ortho nitro benzene ring substituents is 1. The molecule has 5 heteroatoms. The van der Waals surface area contributed by atoms with Gasteiger partial charge in [-0.1, -0.05) is 24.3 Å². The fraction of sp³-hybridized carbons (Fsp3) is 0.294. The highest BCUT2D eigenvalue weighted by Crippen LogP contribution is 2.44. The molecule has 22 heavy (non-hydrogen) atoms. The van der Waals surface area contributed by atoms with Crippen molar-refractivity contribution >= 4 is 5.69 Å². The number of nitrogens with one attached hydrogen (secondary N) is 1. The van der Waals surface area contributed by atoms with Crippen LogP contribution in [0.2, 0.25) is 0 Å². The van der Waals surface area contributed by atoms with Crippen LogP contribution >= 0.6 is 0 Å². The number of rotatable bonds is 5. The fourth-order valence-electron chi connectivity index (χ4n) is 2.86. The summed E-state index contributed by atoms with van der Waals surface area (Å²) in [5, 5.41) is 14.1. The van der Waals surface area contributed by atoms with Gasteiger partial charge in [-0.3, -0.25) is 10.1 Å². The van der Waals surface area contributed by atoms with Crippen LogP contribution in [0.3, 0.4) is 0 Å². The zero-order chi connectivity index (χ0) is 15.5. The highest BCUT2D eigenvalue weighted by Gasteiger charge is 2.26. The Balaban J connectivity index is 1.99. The Hall–Kier alpha value is -2.40. The molecule has 1 heterocycles. The van der Waals surface area contributed by atoms with Crippen LogP contribution in [-0.2, 0) is 0 Å². The van der Waals surface area contributed by atoms with E-state index in [9.17, 15) is 10.1 Å². The molecule has 2 aromatic carbocycles. The normalized spacial score (nSPS) is 15.6. The van der Waals surface area contributed by atoms with E-state index < -0.39 is 0 Å². The largest absolute Gasteiger partial charge is 0.485 e. The summed E-state index contributed by atoms with van der Waals surface area (Å²) in [5.74, 6) is 0.721. The molecule has 0 fully saturated rings.